The Labute approximate surface area is 156 Å². The van der Waals surface area contributed by atoms with E-state index in [-0.39, 0.29) is 11.8 Å². The maximum Gasteiger partial charge on any atom is 0.259 e. The SMILES string of the molecule is Cc1occc1C(=O)Nc1cc(Cl)ccc1C(=O)NCC1=CCNCC1. The molecule has 0 fully saturated rings. The van der Waals surface area contributed by atoms with Crippen LogP contribution in [0.15, 0.2) is 46.6 Å². The van der Waals surface area contributed by atoms with Gasteiger partial charge in [-0.1, -0.05) is 23.3 Å². The van der Waals surface area contributed by atoms with Crippen LogP contribution in [0.5, 0.6) is 0 Å². The number of benzene rings is 1. The van der Waals surface area contributed by atoms with Crippen molar-refractivity contribution < 1.29 is 14.0 Å². The standard InChI is InChI=1S/C19H20ClN3O3/c1-12-15(6-9-26-12)19(25)23-17-10-14(20)2-3-16(17)18(24)22-11-13-4-7-21-8-5-13/h2-4,6,9-10,21H,5,7-8,11H2,1H3,(H,22,24)(H,23,25). The van der Waals surface area contributed by atoms with Gasteiger partial charge in [0.05, 0.1) is 23.1 Å². The van der Waals surface area contributed by atoms with Gasteiger partial charge in [0.15, 0.2) is 0 Å². The molecule has 0 atom stereocenters. The van der Waals surface area contributed by atoms with Gasteiger partial charge in [0, 0.05) is 18.1 Å². The number of carbonyl (C=O) groups excluding carboxylic acids is 2. The van der Waals surface area contributed by atoms with E-state index in [9.17, 15) is 9.59 Å². The van der Waals surface area contributed by atoms with Gasteiger partial charge < -0.3 is 20.4 Å². The van der Waals surface area contributed by atoms with Gasteiger partial charge in [-0.3, -0.25) is 9.59 Å². The van der Waals surface area contributed by atoms with E-state index >= 15 is 0 Å². The Morgan fingerprint density at radius 3 is 2.77 bits per heavy atom. The average Bonchev–Trinajstić information content (AvgIpc) is 3.07. The number of nitrogens with one attached hydrogen (secondary N) is 3. The molecule has 136 valence electrons. The molecule has 1 aromatic carbocycles. The molecule has 0 bridgehead atoms. The third-order valence-corrected chi connectivity index (χ3v) is 4.45. The molecule has 0 saturated carbocycles. The fourth-order valence-corrected chi connectivity index (χ4v) is 2.92. The first kappa shape index (κ1) is 18.2. The van der Waals surface area contributed by atoms with Crippen molar-refractivity contribution in [3.05, 3.63) is 64.1 Å². The fraction of sp³-hybridized carbons (Fsp3) is 0.263. The maximum absolute atomic E-state index is 12.6. The van der Waals surface area contributed by atoms with Crippen molar-refractivity contribution in [2.45, 2.75) is 13.3 Å². The number of hydrogen-bond acceptors (Lipinski definition) is 4. The van der Waals surface area contributed by atoms with Crippen LogP contribution in [-0.4, -0.2) is 31.4 Å². The minimum absolute atomic E-state index is 0.264. The summed E-state index contributed by atoms with van der Waals surface area (Å²) >= 11 is 6.04. The Morgan fingerprint density at radius 1 is 1.23 bits per heavy atom. The number of anilines is 1. The third-order valence-electron chi connectivity index (χ3n) is 4.21. The van der Waals surface area contributed by atoms with E-state index < -0.39 is 0 Å². The monoisotopic (exact) mass is 373 g/mol. The van der Waals surface area contributed by atoms with E-state index in [0.29, 0.717) is 34.1 Å². The highest BCUT2D eigenvalue weighted by Crippen LogP contribution is 2.23. The molecular weight excluding hydrogens is 354 g/mol. The van der Waals surface area contributed by atoms with Crippen molar-refractivity contribution in [3.63, 3.8) is 0 Å². The molecule has 2 aromatic rings. The van der Waals surface area contributed by atoms with Gasteiger partial charge in [-0.2, -0.15) is 0 Å². The summed E-state index contributed by atoms with van der Waals surface area (Å²) < 4.78 is 5.15. The topological polar surface area (TPSA) is 83.4 Å². The molecule has 26 heavy (non-hydrogen) atoms. The average molecular weight is 374 g/mol. The lowest BCUT2D eigenvalue weighted by molar-refractivity contribution is 0.0957. The molecule has 2 heterocycles. The number of aryl methyl sites for hydroxylation is 1. The fourth-order valence-electron chi connectivity index (χ4n) is 2.75. The van der Waals surface area contributed by atoms with Crippen molar-refractivity contribution in [2.24, 2.45) is 0 Å². The highest BCUT2D eigenvalue weighted by atomic mass is 35.5. The Bertz CT molecular complexity index is 857. The lowest BCUT2D eigenvalue weighted by Crippen LogP contribution is -2.30. The first-order chi connectivity index (χ1) is 12.5. The zero-order valence-electron chi connectivity index (χ0n) is 14.4. The van der Waals surface area contributed by atoms with Crippen LogP contribution in [0.3, 0.4) is 0 Å². The number of carbonyl (C=O) groups is 2. The van der Waals surface area contributed by atoms with Crippen LogP contribution in [0.4, 0.5) is 5.69 Å². The first-order valence-corrected chi connectivity index (χ1v) is 8.74. The van der Waals surface area contributed by atoms with Crippen LogP contribution in [-0.2, 0) is 0 Å². The molecular formula is C19H20ClN3O3. The van der Waals surface area contributed by atoms with Crippen molar-refractivity contribution in [1.29, 1.82) is 0 Å². The Hall–Kier alpha value is -2.57. The Kier molecular flexibility index (Phi) is 5.75. The smallest absolute Gasteiger partial charge is 0.259 e. The molecule has 0 aliphatic carbocycles. The van der Waals surface area contributed by atoms with E-state index in [0.717, 1.165) is 19.5 Å². The number of rotatable bonds is 5. The number of halogens is 1. The molecule has 2 amide bonds. The number of hydrogen-bond donors (Lipinski definition) is 3. The van der Waals surface area contributed by atoms with Gasteiger partial charge in [-0.25, -0.2) is 0 Å². The molecule has 6 nitrogen and oxygen atoms in total. The zero-order valence-corrected chi connectivity index (χ0v) is 15.2. The molecule has 1 aliphatic heterocycles. The van der Waals surface area contributed by atoms with E-state index in [1.165, 1.54) is 11.8 Å². The van der Waals surface area contributed by atoms with Crippen LogP contribution >= 0.6 is 11.6 Å². The summed E-state index contributed by atoms with van der Waals surface area (Å²) in [6, 6.07) is 6.37. The van der Waals surface area contributed by atoms with E-state index in [1.807, 2.05) is 0 Å². The molecule has 0 saturated heterocycles. The Morgan fingerprint density at radius 2 is 2.08 bits per heavy atom. The second-order valence-corrected chi connectivity index (χ2v) is 6.47. The quantitative estimate of drug-likeness (QED) is 0.703. The van der Waals surface area contributed by atoms with Crippen molar-refractivity contribution in [3.8, 4) is 0 Å². The van der Waals surface area contributed by atoms with Crippen LogP contribution in [0.1, 0.15) is 32.9 Å². The third kappa shape index (κ3) is 4.33. The van der Waals surface area contributed by atoms with E-state index in [2.05, 4.69) is 22.0 Å². The molecule has 1 aromatic heterocycles. The lowest BCUT2D eigenvalue weighted by Gasteiger charge is -2.16. The van der Waals surface area contributed by atoms with Gasteiger partial charge in [0.2, 0.25) is 0 Å². The van der Waals surface area contributed by atoms with Crippen LogP contribution < -0.4 is 16.0 Å². The van der Waals surface area contributed by atoms with E-state index in [4.69, 9.17) is 16.0 Å². The minimum Gasteiger partial charge on any atom is -0.469 e. The molecule has 0 spiro atoms. The molecule has 3 N–H and O–H groups in total. The summed E-state index contributed by atoms with van der Waals surface area (Å²) in [5.74, 6) is -0.109. The van der Waals surface area contributed by atoms with Crippen LogP contribution in [0.2, 0.25) is 5.02 Å². The predicted octanol–water partition coefficient (Wildman–Crippen LogP) is 3.14. The number of furan rings is 1. The minimum atomic E-state index is -0.353. The summed E-state index contributed by atoms with van der Waals surface area (Å²) in [4.78, 5) is 25.0. The molecule has 3 rings (SSSR count). The van der Waals surface area contributed by atoms with Crippen molar-refractivity contribution in [1.82, 2.24) is 10.6 Å². The van der Waals surface area contributed by atoms with Crippen LogP contribution in [0, 0.1) is 6.92 Å². The molecule has 0 unspecified atom stereocenters. The first-order valence-electron chi connectivity index (χ1n) is 8.36. The molecule has 7 heteroatoms. The highest BCUT2D eigenvalue weighted by molar-refractivity contribution is 6.31. The molecule has 1 aliphatic rings. The maximum atomic E-state index is 12.6. The summed E-state index contributed by atoms with van der Waals surface area (Å²) in [5.41, 5.74) is 2.32. The highest BCUT2D eigenvalue weighted by Gasteiger charge is 2.17. The zero-order chi connectivity index (χ0) is 18.5. The Balaban J connectivity index is 1.74. The van der Waals surface area contributed by atoms with Gasteiger partial charge in [-0.15, -0.1) is 0 Å². The van der Waals surface area contributed by atoms with Crippen molar-refractivity contribution in [2.75, 3.05) is 25.0 Å². The molecule has 0 radical (unpaired) electrons. The lowest BCUT2D eigenvalue weighted by atomic mass is 10.1. The van der Waals surface area contributed by atoms with Gasteiger partial charge in [0.1, 0.15) is 5.76 Å². The predicted molar refractivity (Wildman–Crippen MR) is 101 cm³/mol. The second kappa shape index (κ2) is 8.21. The largest absolute Gasteiger partial charge is 0.469 e. The summed E-state index contributed by atoms with van der Waals surface area (Å²) in [6.07, 6.45) is 4.43. The van der Waals surface area contributed by atoms with Gasteiger partial charge >= 0.3 is 0 Å². The summed E-state index contributed by atoms with van der Waals surface area (Å²) in [6.45, 7) is 3.91. The second-order valence-electron chi connectivity index (χ2n) is 6.03. The summed E-state index contributed by atoms with van der Waals surface area (Å²) in [5, 5.41) is 9.31. The van der Waals surface area contributed by atoms with Crippen molar-refractivity contribution >= 4 is 29.1 Å². The summed E-state index contributed by atoms with van der Waals surface area (Å²) in [7, 11) is 0. The van der Waals surface area contributed by atoms with Gasteiger partial charge in [0.25, 0.3) is 11.8 Å². The number of amides is 2. The van der Waals surface area contributed by atoms with E-state index in [1.54, 1.807) is 31.2 Å². The normalized spacial score (nSPS) is 13.8. The van der Waals surface area contributed by atoms with Gasteiger partial charge in [-0.05, 0) is 44.2 Å². The van der Waals surface area contributed by atoms with Crippen LogP contribution in [0.25, 0.3) is 0 Å².